The summed E-state index contributed by atoms with van der Waals surface area (Å²) in [4.78, 5) is 4.74. The maximum Gasteiger partial charge on any atom is 0.147 e. The second-order valence-electron chi connectivity index (χ2n) is 8.77. The molecule has 5 rings (SSSR count). The zero-order valence-corrected chi connectivity index (χ0v) is 20.5. The molecular formula is C27H29N3O3S. The van der Waals surface area contributed by atoms with Crippen LogP contribution in [0.5, 0.6) is 23.0 Å². The predicted octanol–water partition coefficient (Wildman–Crippen LogP) is 5.47. The number of benzene rings is 3. The molecule has 1 aliphatic heterocycles. The normalized spacial score (nSPS) is 15.7. The molecule has 34 heavy (non-hydrogen) atoms. The van der Waals surface area contributed by atoms with Crippen LogP contribution >= 0.6 is 11.8 Å². The Morgan fingerprint density at radius 2 is 1.85 bits per heavy atom. The molecule has 0 bridgehead atoms. The van der Waals surface area contributed by atoms with Crippen LogP contribution in [-0.2, 0) is 20.1 Å². The van der Waals surface area contributed by atoms with Crippen LogP contribution in [-0.4, -0.2) is 32.3 Å². The maximum absolute atomic E-state index is 9.89. The lowest BCUT2D eigenvalue weighted by Crippen LogP contribution is -2.14. The van der Waals surface area contributed by atoms with E-state index >= 15 is 0 Å². The summed E-state index contributed by atoms with van der Waals surface area (Å²) in [6.45, 7) is 5.25. The molecule has 1 unspecified atom stereocenters. The summed E-state index contributed by atoms with van der Waals surface area (Å²) in [7, 11) is 1.99. The van der Waals surface area contributed by atoms with Crippen LogP contribution in [0, 0.1) is 13.8 Å². The third-order valence-corrected chi connectivity index (χ3v) is 7.39. The molecule has 1 saturated heterocycles. The van der Waals surface area contributed by atoms with E-state index in [9.17, 15) is 5.11 Å². The first kappa shape index (κ1) is 22.6. The zero-order valence-electron chi connectivity index (χ0n) is 19.7. The highest BCUT2D eigenvalue weighted by Gasteiger charge is 2.15. The third kappa shape index (κ3) is 4.86. The van der Waals surface area contributed by atoms with Crippen molar-refractivity contribution < 1.29 is 14.6 Å². The van der Waals surface area contributed by atoms with Crippen molar-refractivity contribution in [1.29, 1.82) is 0 Å². The first-order chi connectivity index (χ1) is 16.5. The molecule has 2 N–H and O–H groups in total. The van der Waals surface area contributed by atoms with Crippen LogP contribution in [0.4, 0.5) is 0 Å². The monoisotopic (exact) mass is 475 g/mol. The fourth-order valence-corrected chi connectivity index (χ4v) is 5.16. The number of rotatable bonds is 7. The van der Waals surface area contributed by atoms with Gasteiger partial charge >= 0.3 is 0 Å². The van der Waals surface area contributed by atoms with E-state index in [2.05, 4.69) is 17.4 Å². The lowest BCUT2D eigenvalue weighted by atomic mass is 10.1. The molecule has 6 nitrogen and oxygen atoms in total. The number of ether oxygens (including phenoxy) is 2. The molecule has 0 amide bonds. The summed E-state index contributed by atoms with van der Waals surface area (Å²) in [5, 5.41) is 13.9. The van der Waals surface area contributed by atoms with Gasteiger partial charge in [0, 0.05) is 30.8 Å². The van der Waals surface area contributed by atoms with E-state index in [0.29, 0.717) is 11.9 Å². The second kappa shape index (κ2) is 9.60. The highest BCUT2D eigenvalue weighted by Crippen LogP contribution is 2.32. The Hall–Kier alpha value is -3.16. The van der Waals surface area contributed by atoms with Crippen molar-refractivity contribution in [2.24, 2.45) is 7.05 Å². The lowest BCUT2D eigenvalue weighted by Gasteiger charge is -2.11. The summed E-state index contributed by atoms with van der Waals surface area (Å²) in [5.41, 5.74) is 4.87. The topological polar surface area (TPSA) is 68.5 Å². The summed E-state index contributed by atoms with van der Waals surface area (Å²) in [5.74, 6) is 4.47. The van der Waals surface area contributed by atoms with Gasteiger partial charge in [-0.2, -0.15) is 0 Å². The second-order valence-corrected chi connectivity index (χ2v) is 10.1. The summed E-state index contributed by atoms with van der Waals surface area (Å²) in [6, 6.07) is 17.8. The van der Waals surface area contributed by atoms with E-state index in [-0.39, 0.29) is 5.75 Å². The van der Waals surface area contributed by atoms with Crippen molar-refractivity contribution >= 4 is 22.8 Å². The fraction of sp³-hybridized carbons (Fsp3) is 0.296. The molecule has 1 aliphatic rings. The molecule has 7 heteroatoms. The van der Waals surface area contributed by atoms with E-state index < -0.39 is 0 Å². The van der Waals surface area contributed by atoms with Crippen molar-refractivity contribution in [1.82, 2.24) is 14.9 Å². The average Bonchev–Trinajstić information content (AvgIpc) is 3.45. The molecule has 1 atom stereocenters. The van der Waals surface area contributed by atoms with Gasteiger partial charge in [0.25, 0.3) is 0 Å². The van der Waals surface area contributed by atoms with Gasteiger partial charge in [0.05, 0.1) is 11.0 Å². The number of imidazole rings is 1. The molecule has 0 spiro atoms. The number of aromatic nitrogens is 2. The zero-order chi connectivity index (χ0) is 23.7. The molecule has 3 aromatic carbocycles. The van der Waals surface area contributed by atoms with Gasteiger partial charge in [-0.3, -0.25) is 0 Å². The number of nitrogens with zero attached hydrogens (tertiary/aromatic N) is 2. The van der Waals surface area contributed by atoms with Crippen LogP contribution in [0.2, 0.25) is 0 Å². The Kier molecular flexibility index (Phi) is 6.39. The summed E-state index contributed by atoms with van der Waals surface area (Å²) in [6.07, 6.45) is 1.08. The number of hydrogen-bond donors (Lipinski definition) is 2. The van der Waals surface area contributed by atoms with Crippen molar-refractivity contribution in [2.75, 3.05) is 12.4 Å². The van der Waals surface area contributed by atoms with Crippen LogP contribution < -0.4 is 14.8 Å². The Morgan fingerprint density at radius 3 is 2.62 bits per heavy atom. The first-order valence-electron chi connectivity index (χ1n) is 11.4. The fourth-order valence-electron chi connectivity index (χ4n) is 4.14. The quantitative estimate of drug-likeness (QED) is 0.369. The van der Waals surface area contributed by atoms with E-state index in [1.165, 1.54) is 5.56 Å². The Labute approximate surface area is 203 Å². The third-order valence-electron chi connectivity index (χ3n) is 6.21. The SMILES string of the molecule is Cc1cc(Oc2ccc3nc(COc4ccc(CC5CNCS5)cc4)n(C)c3c2)c(C)cc1O. The molecule has 4 aromatic rings. The standard InChI is InChI=1S/C27H29N3O3S/c1-17-11-26(18(2)10-25(17)31)33-21-8-9-23-24(13-21)30(3)27(29-23)15-32-20-6-4-19(5-7-20)12-22-14-28-16-34-22/h4-11,13,22,28,31H,12,14-16H2,1-3H3. The number of nitrogens with one attached hydrogen (secondary N) is 1. The van der Waals surface area contributed by atoms with Crippen molar-refractivity contribution in [3.05, 3.63) is 77.1 Å². The van der Waals surface area contributed by atoms with Gasteiger partial charge < -0.3 is 24.5 Å². The Balaban J connectivity index is 1.27. The number of fused-ring (bicyclic) bond motifs is 1. The lowest BCUT2D eigenvalue weighted by molar-refractivity contribution is 0.292. The van der Waals surface area contributed by atoms with Gasteiger partial charge in [-0.15, -0.1) is 11.8 Å². The molecular weight excluding hydrogens is 446 g/mol. The van der Waals surface area contributed by atoms with Gasteiger partial charge in [0.2, 0.25) is 0 Å². The molecule has 0 radical (unpaired) electrons. The minimum Gasteiger partial charge on any atom is -0.508 e. The average molecular weight is 476 g/mol. The minimum atomic E-state index is 0.274. The highest BCUT2D eigenvalue weighted by atomic mass is 32.2. The minimum absolute atomic E-state index is 0.274. The summed E-state index contributed by atoms with van der Waals surface area (Å²) < 4.78 is 14.2. The number of aryl methyl sites for hydroxylation is 3. The van der Waals surface area contributed by atoms with E-state index in [1.54, 1.807) is 6.07 Å². The largest absolute Gasteiger partial charge is 0.508 e. The molecule has 0 aliphatic carbocycles. The molecule has 176 valence electrons. The van der Waals surface area contributed by atoms with E-state index in [0.717, 1.165) is 64.1 Å². The maximum atomic E-state index is 9.89. The van der Waals surface area contributed by atoms with Gasteiger partial charge in [-0.05, 0) is 73.4 Å². The number of aromatic hydroxyl groups is 1. The van der Waals surface area contributed by atoms with Gasteiger partial charge in [-0.1, -0.05) is 12.1 Å². The number of phenolic OH excluding ortho intramolecular Hbond substituents is 1. The molecule has 1 fully saturated rings. The Bertz CT molecular complexity index is 1310. The van der Waals surface area contributed by atoms with Gasteiger partial charge in [0.15, 0.2) is 0 Å². The van der Waals surface area contributed by atoms with Crippen LogP contribution in [0.3, 0.4) is 0 Å². The van der Waals surface area contributed by atoms with E-state index in [1.807, 2.05) is 73.6 Å². The molecule has 1 aromatic heterocycles. The summed E-state index contributed by atoms with van der Waals surface area (Å²) >= 11 is 1.98. The van der Waals surface area contributed by atoms with Crippen molar-refractivity contribution in [3.8, 4) is 23.0 Å². The van der Waals surface area contributed by atoms with Crippen LogP contribution in [0.15, 0.2) is 54.6 Å². The first-order valence-corrected chi connectivity index (χ1v) is 12.5. The predicted molar refractivity (Wildman–Crippen MR) is 137 cm³/mol. The van der Waals surface area contributed by atoms with Crippen LogP contribution in [0.1, 0.15) is 22.5 Å². The molecule has 2 heterocycles. The number of phenols is 1. The van der Waals surface area contributed by atoms with Crippen molar-refractivity contribution in [3.63, 3.8) is 0 Å². The van der Waals surface area contributed by atoms with Gasteiger partial charge in [-0.25, -0.2) is 4.98 Å². The highest BCUT2D eigenvalue weighted by molar-refractivity contribution is 8.00. The number of hydrogen-bond acceptors (Lipinski definition) is 6. The number of thioether (sulfide) groups is 1. The Morgan fingerprint density at radius 1 is 1.06 bits per heavy atom. The van der Waals surface area contributed by atoms with Crippen LogP contribution in [0.25, 0.3) is 11.0 Å². The van der Waals surface area contributed by atoms with Gasteiger partial charge in [0.1, 0.15) is 35.4 Å². The molecule has 0 saturated carbocycles. The van der Waals surface area contributed by atoms with Crippen molar-refractivity contribution in [2.45, 2.75) is 32.1 Å². The van der Waals surface area contributed by atoms with E-state index in [4.69, 9.17) is 14.5 Å². The smallest absolute Gasteiger partial charge is 0.147 e.